The van der Waals surface area contributed by atoms with Crippen LogP contribution in [0.3, 0.4) is 0 Å². The number of benzene rings is 1. The molecule has 52 heavy (non-hydrogen) atoms. The number of fused-ring (bicyclic) bond motifs is 4. The molecule has 4 aromatic heterocycles. The second-order valence-electron chi connectivity index (χ2n) is 12.9. The third-order valence-electron chi connectivity index (χ3n) is 8.66. The van der Waals surface area contributed by atoms with Crippen molar-refractivity contribution in [1.82, 2.24) is 34.7 Å². The van der Waals surface area contributed by atoms with E-state index < -0.39 is 71.3 Å². The Kier molecular flexibility index (Phi) is 8.46. The van der Waals surface area contributed by atoms with Crippen LogP contribution >= 0.6 is 0 Å². The molecule has 0 radical (unpaired) electrons. The maximum Gasteiger partial charge on any atom is 0.304 e. The molecule has 0 unspecified atom stereocenters. The number of amides is 1. The number of pyridine rings is 2. The van der Waals surface area contributed by atoms with Gasteiger partial charge in [0.2, 0.25) is 11.9 Å². The zero-order valence-electron chi connectivity index (χ0n) is 27.6. The van der Waals surface area contributed by atoms with Crippen LogP contribution in [0.2, 0.25) is 0 Å². The van der Waals surface area contributed by atoms with Crippen molar-refractivity contribution in [2.24, 2.45) is 5.92 Å². The molecule has 4 heterocycles. The van der Waals surface area contributed by atoms with E-state index in [1.807, 2.05) is 0 Å². The topological polar surface area (TPSA) is 122 Å². The highest BCUT2D eigenvalue weighted by Gasteiger charge is 2.60. The molecule has 0 saturated carbocycles. The molecular formula is C36H28F6N8O2. The van der Waals surface area contributed by atoms with E-state index in [0.717, 1.165) is 12.1 Å². The van der Waals surface area contributed by atoms with E-state index in [2.05, 4.69) is 49.6 Å². The first kappa shape index (κ1) is 34.6. The Labute approximate surface area is 292 Å². The van der Waals surface area contributed by atoms with Gasteiger partial charge in [0.15, 0.2) is 5.65 Å². The minimum atomic E-state index is -3.64. The molecule has 0 spiro atoms. The van der Waals surface area contributed by atoms with E-state index in [9.17, 15) is 27.5 Å². The molecule has 5 aromatic rings. The molecule has 0 aliphatic heterocycles. The highest BCUT2D eigenvalue weighted by molar-refractivity contribution is 5.81. The number of hydrogen-bond donors (Lipinski definition) is 3. The van der Waals surface area contributed by atoms with Crippen LogP contribution in [0.5, 0.6) is 0 Å². The van der Waals surface area contributed by atoms with Crippen LogP contribution in [0.25, 0.3) is 16.8 Å². The second kappa shape index (κ2) is 12.7. The number of aromatic nitrogens is 6. The number of aliphatic hydroxyl groups is 1. The predicted octanol–water partition coefficient (Wildman–Crippen LogP) is 5.29. The second-order valence-corrected chi connectivity index (χ2v) is 12.9. The van der Waals surface area contributed by atoms with Crippen molar-refractivity contribution in [2.75, 3.05) is 12.4 Å². The van der Waals surface area contributed by atoms with Crippen LogP contribution in [-0.2, 0) is 23.7 Å². The molecule has 0 saturated heterocycles. The molecule has 10 nitrogen and oxygen atoms in total. The van der Waals surface area contributed by atoms with Crippen LogP contribution in [0.1, 0.15) is 66.1 Å². The Morgan fingerprint density at radius 1 is 1.08 bits per heavy atom. The number of carbonyl (C=O) groups excluding carboxylic acids is 1. The molecular weight excluding hydrogens is 690 g/mol. The highest BCUT2D eigenvalue weighted by Crippen LogP contribution is 2.57. The van der Waals surface area contributed by atoms with E-state index >= 15 is 8.78 Å². The maximum absolute atomic E-state index is 15.4. The Morgan fingerprint density at radius 3 is 2.48 bits per heavy atom. The average molecular weight is 719 g/mol. The van der Waals surface area contributed by atoms with Gasteiger partial charge in [0.05, 0.1) is 17.7 Å². The van der Waals surface area contributed by atoms with Crippen molar-refractivity contribution < 1.29 is 36.2 Å². The maximum atomic E-state index is 15.4. The predicted molar refractivity (Wildman–Crippen MR) is 175 cm³/mol. The summed E-state index contributed by atoms with van der Waals surface area (Å²) < 4.78 is 90.0. The average Bonchev–Trinajstić information content (AvgIpc) is 3.67. The SMILES string of the molecule is CNc1nnc2c(-c3ccc(C#CC(C)(C)O)nc3[C@H](Cc3cc(F)cc(F)c3)NC(=O)Cn3nc(C(F)F)c4c3C(F)(F)[C@@H]3C#C[C@H]43)cccn12. The van der Waals surface area contributed by atoms with Gasteiger partial charge in [0.25, 0.3) is 6.43 Å². The van der Waals surface area contributed by atoms with Gasteiger partial charge in [0.1, 0.15) is 46.8 Å². The van der Waals surface area contributed by atoms with Crippen molar-refractivity contribution in [2.45, 2.75) is 56.7 Å². The third kappa shape index (κ3) is 6.19. The lowest BCUT2D eigenvalue weighted by molar-refractivity contribution is -0.123. The Hall–Kier alpha value is -5.87. The molecule has 1 amide bonds. The lowest BCUT2D eigenvalue weighted by Crippen LogP contribution is -2.36. The summed E-state index contributed by atoms with van der Waals surface area (Å²) in [5, 5.41) is 28.0. The number of hydrogen-bond acceptors (Lipinski definition) is 7. The van der Waals surface area contributed by atoms with Crippen LogP contribution < -0.4 is 10.6 Å². The van der Waals surface area contributed by atoms with Gasteiger partial charge < -0.3 is 15.7 Å². The summed E-state index contributed by atoms with van der Waals surface area (Å²) in [5.74, 6) is 1.68. The standard InChI is InChI=1S/C36H28F6N8O2/c1-35(2,52)11-10-21-6-7-22(23-5-4-12-49-33(23)46-47-34(49)43-3)29(44-21)26(15-18-13-19(37)16-20(38)14-18)45-27(51)17-50-31-28(30(48-50)32(39)40)24-8-9-25(24)36(31,41)42/h4-7,12-14,16,24-26,32,52H,15,17H2,1-3H3,(H,43,47)(H,45,51)/t24-,25+,26-/m0/s1. The van der Waals surface area contributed by atoms with Gasteiger partial charge >= 0.3 is 5.92 Å². The molecule has 2 aliphatic rings. The molecule has 0 fully saturated rings. The van der Waals surface area contributed by atoms with Crippen LogP contribution in [0.4, 0.5) is 32.3 Å². The Balaban J connectivity index is 1.35. The molecule has 0 bridgehead atoms. The monoisotopic (exact) mass is 718 g/mol. The summed E-state index contributed by atoms with van der Waals surface area (Å²) in [6.45, 7) is 2.03. The van der Waals surface area contributed by atoms with Crippen molar-refractivity contribution in [1.29, 1.82) is 0 Å². The number of nitrogens with one attached hydrogen (secondary N) is 2. The first-order valence-corrected chi connectivity index (χ1v) is 16.0. The molecule has 3 N–H and O–H groups in total. The zero-order valence-corrected chi connectivity index (χ0v) is 27.6. The van der Waals surface area contributed by atoms with E-state index in [1.165, 1.54) is 13.8 Å². The lowest BCUT2D eigenvalue weighted by atomic mass is 9.84. The van der Waals surface area contributed by atoms with Gasteiger partial charge in [-0.2, -0.15) is 13.9 Å². The van der Waals surface area contributed by atoms with Gasteiger partial charge in [-0.1, -0.05) is 17.8 Å². The zero-order chi connectivity index (χ0) is 37.1. The van der Waals surface area contributed by atoms with E-state index in [-0.39, 0.29) is 28.9 Å². The normalized spacial score (nSPS) is 17.4. The highest BCUT2D eigenvalue weighted by atomic mass is 19.3. The van der Waals surface area contributed by atoms with Crippen molar-refractivity contribution in [3.63, 3.8) is 0 Å². The van der Waals surface area contributed by atoms with Crippen molar-refractivity contribution in [3.05, 3.63) is 94.2 Å². The number of alkyl halides is 4. The molecule has 3 atom stereocenters. The summed E-state index contributed by atoms with van der Waals surface area (Å²) in [7, 11) is 1.66. The number of nitrogens with zero attached hydrogens (tertiary/aromatic N) is 6. The quantitative estimate of drug-likeness (QED) is 0.140. The van der Waals surface area contributed by atoms with Crippen LogP contribution in [0.15, 0.2) is 48.7 Å². The first-order valence-electron chi connectivity index (χ1n) is 16.0. The van der Waals surface area contributed by atoms with Gasteiger partial charge in [-0.15, -0.1) is 10.2 Å². The number of halogens is 6. The van der Waals surface area contributed by atoms with Gasteiger partial charge in [-0.05, 0) is 68.2 Å². The van der Waals surface area contributed by atoms with Crippen LogP contribution in [0, 0.1) is 41.2 Å². The third-order valence-corrected chi connectivity index (χ3v) is 8.66. The Morgan fingerprint density at radius 2 is 1.83 bits per heavy atom. The molecule has 7 rings (SSSR count). The van der Waals surface area contributed by atoms with Gasteiger partial charge in [-0.3, -0.25) is 13.9 Å². The molecule has 16 heteroatoms. The fourth-order valence-corrected chi connectivity index (χ4v) is 6.47. The molecule has 2 aliphatic carbocycles. The largest absolute Gasteiger partial charge is 0.378 e. The number of carbonyl (C=O) groups is 1. The van der Waals surface area contributed by atoms with Gasteiger partial charge in [-0.25, -0.2) is 22.5 Å². The summed E-state index contributed by atoms with van der Waals surface area (Å²) in [4.78, 5) is 18.5. The number of anilines is 1. The van der Waals surface area contributed by atoms with E-state index in [4.69, 9.17) is 4.98 Å². The van der Waals surface area contributed by atoms with Crippen molar-refractivity contribution >= 4 is 17.5 Å². The fraction of sp³-hybridized carbons (Fsp3) is 0.306. The Bertz CT molecular complexity index is 2360. The first-order chi connectivity index (χ1) is 24.6. The fourth-order valence-electron chi connectivity index (χ4n) is 6.47. The van der Waals surface area contributed by atoms with E-state index in [0.29, 0.717) is 33.5 Å². The minimum absolute atomic E-state index is 0.0990. The summed E-state index contributed by atoms with van der Waals surface area (Å²) in [6, 6.07) is 8.19. The van der Waals surface area contributed by atoms with Crippen LogP contribution in [-0.4, -0.2) is 53.0 Å². The summed E-state index contributed by atoms with van der Waals surface area (Å²) in [5.41, 5.74) is -1.88. The minimum Gasteiger partial charge on any atom is -0.378 e. The summed E-state index contributed by atoms with van der Waals surface area (Å²) in [6.07, 6.45) is -1.76. The van der Waals surface area contributed by atoms with E-state index in [1.54, 1.807) is 41.9 Å². The van der Waals surface area contributed by atoms with Gasteiger partial charge in [0, 0.05) is 36.0 Å². The molecule has 266 valence electrons. The smallest absolute Gasteiger partial charge is 0.304 e. The lowest BCUT2D eigenvalue weighted by Gasteiger charge is -2.24. The molecule has 1 aromatic carbocycles. The number of rotatable bonds is 9. The van der Waals surface area contributed by atoms with Crippen molar-refractivity contribution in [3.8, 4) is 34.8 Å². The summed E-state index contributed by atoms with van der Waals surface area (Å²) >= 11 is 0.